The van der Waals surface area contributed by atoms with E-state index in [-0.39, 0.29) is 12.1 Å². The van der Waals surface area contributed by atoms with Crippen molar-refractivity contribution in [3.05, 3.63) is 23.9 Å². The number of aromatic nitrogens is 1. The molecular weight excluding hydrogens is 188 g/mol. The molecular formula is C12H20N2O. The molecule has 2 atom stereocenters. The Hall–Kier alpha value is -1.09. The zero-order valence-corrected chi connectivity index (χ0v) is 9.90. The minimum Gasteiger partial charge on any atom is -0.474 e. The Balaban J connectivity index is 2.64. The molecule has 0 saturated carbocycles. The van der Waals surface area contributed by atoms with Gasteiger partial charge in [0.05, 0.1) is 6.10 Å². The molecule has 3 heteroatoms. The van der Waals surface area contributed by atoms with Crippen molar-refractivity contribution in [3.8, 4) is 5.88 Å². The molecule has 1 heterocycles. The molecule has 1 aromatic heterocycles. The maximum absolute atomic E-state index is 5.73. The third-order valence-electron chi connectivity index (χ3n) is 2.53. The van der Waals surface area contributed by atoms with Gasteiger partial charge >= 0.3 is 0 Å². The highest BCUT2D eigenvalue weighted by molar-refractivity contribution is 5.20. The van der Waals surface area contributed by atoms with Crippen LogP contribution in [0.3, 0.4) is 0 Å². The van der Waals surface area contributed by atoms with Crippen molar-refractivity contribution in [2.45, 2.75) is 39.8 Å². The minimum atomic E-state index is 0.0223. The highest BCUT2D eigenvalue weighted by Gasteiger charge is 2.09. The molecule has 84 valence electrons. The largest absolute Gasteiger partial charge is 0.474 e. The lowest BCUT2D eigenvalue weighted by Gasteiger charge is -2.17. The number of pyridine rings is 1. The molecule has 0 bridgehead atoms. The van der Waals surface area contributed by atoms with Crippen molar-refractivity contribution in [1.29, 1.82) is 0 Å². The minimum absolute atomic E-state index is 0.0223. The van der Waals surface area contributed by atoms with Gasteiger partial charge in [-0.3, -0.25) is 0 Å². The van der Waals surface area contributed by atoms with E-state index in [0.29, 0.717) is 11.8 Å². The van der Waals surface area contributed by atoms with Crippen molar-refractivity contribution in [1.82, 2.24) is 4.98 Å². The fourth-order valence-electron chi connectivity index (χ4n) is 1.06. The van der Waals surface area contributed by atoms with E-state index in [1.165, 1.54) is 0 Å². The summed E-state index contributed by atoms with van der Waals surface area (Å²) in [5.41, 5.74) is 6.76. The second-order valence-corrected chi connectivity index (χ2v) is 4.29. The summed E-state index contributed by atoms with van der Waals surface area (Å²) in [6.45, 7) is 8.24. The third kappa shape index (κ3) is 3.51. The molecule has 0 aliphatic carbocycles. The Morgan fingerprint density at radius 1 is 1.20 bits per heavy atom. The first-order chi connectivity index (χ1) is 7.00. The standard InChI is InChI=1S/C12H20N2O/c1-8(2)10(4)15-12-6-5-11(7-14-12)9(3)13/h5-10H,13H2,1-4H3/t9-,10?/m0/s1. The highest BCUT2D eigenvalue weighted by Crippen LogP contribution is 2.15. The van der Waals surface area contributed by atoms with Crippen molar-refractivity contribution in [3.63, 3.8) is 0 Å². The quantitative estimate of drug-likeness (QED) is 0.827. The van der Waals surface area contributed by atoms with E-state index in [1.54, 1.807) is 6.20 Å². The first kappa shape index (κ1) is 12.0. The molecule has 0 saturated heterocycles. The van der Waals surface area contributed by atoms with E-state index >= 15 is 0 Å². The lowest BCUT2D eigenvalue weighted by molar-refractivity contribution is 0.163. The van der Waals surface area contributed by atoms with E-state index in [2.05, 4.69) is 18.8 Å². The monoisotopic (exact) mass is 208 g/mol. The predicted molar refractivity (Wildman–Crippen MR) is 61.8 cm³/mol. The topological polar surface area (TPSA) is 48.1 Å². The molecule has 0 radical (unpaired) electrons. The lowest BCUT2D eigenvalue weighted by atomic mass is 10.1. The summed E-state index contributed by atoms with van der Waals surface area (Å²) in [5, 5.41) is 0. The van der Waals surface area contributed by atoms with E-state index in [4.69, 9.17) is 10.5 Å². The van der Waals surface area contributed by atoms with Crippen LogP contribution in [0, 0.1) is 5.92 Å². The van der Waals surface area contributed by atoms with Crippen LogP contribution in [0.25, 0.3) is 0 Å². The second kappa shape index (κ2) is 5.12. The fourth-order valence-corrected chi connectivity index (χ4v) is 1.06. The van der Waals surface area contributed by atoms with Crippen LogP contribution < -0.4 is 10.5 Å². The predicted octanol–water partition coefficient (Wildman–Crippen LogP) is 2.52. The van der Waals surface area contributed by atoms with Crippen LogP contribution in [0.5, 0.6) is 5.88 Å². The van der Waals surface area contributed by atoms with E-state index < -0.39 is 0 Å². The average molecular weight is 208 g/mol. The summed E-state index contributed by atoms with van der Waals surface area (Å²) in [5.74, 6) is 1.15. The normalized spacial score (nSPS) is 15.1. The zero-order chi connectivity index (χ0) is 11.4. The van der Waals surface area contributed by atoms with Crippen LogP contribution in [0.4, 0.5) is 0 Å². The molecule has 2 N–H and O–H groups in total. The van der Waals surface area contributed by atoms with E-state index in [0.717, 1.165) is 5.56 Å². The Morgan fingerprint density at radius 2 is 1.87 bits per heavy atom. The van der Waals surface area contributed by atoms with Gasteiger partial charge in [-0.2, -0.15) is 0 Å². The molecule has 0 aliphatic heterocycles. The van der Waals surface area contributed by atoms with Crippen molar-refractivity contribution < 1.29 is 4.74 Å². The van der Waals surface area contributed by atoms with Crippen LogP contribution in [-0.4, -0.2) is 11.1 Å². The Labute approximate surface area is 91.7 Å². The summed E-state index contributed by atoms with van der Waals surface area (Å²) in [4.78, 5) is 4.22. The van der Waals surface area contributed by atoms with Crippen LogP contribution in [0.15, 0.2) is 18.3 Å². The van der Waals surface area contributed by atoms with Gasteiger partial charge in [-0.25, -0.2) is 4.98 Å². The first-order valence-electron chi connectivity index (χ1n) is 5.39. The Bertz CT molecular complexity index is 293. The molecule has 0 aromatic carbocycles. The summed E-state index contributed by atoms with van der Waals surface area (Å²) >= 11 is 0. The summed E-state index contributed by atoms with van der Waals surface area (Å²) in [6, 6.07) is 3.85. The number of nitrogens with zero attached hydrogens (tertiary/aromatic N) is 1. The Kier molecular flexibility index (Phi) is 4.09. The van der Waals surface area contributed by atoms with Crippen LogP contribution in [0.2, 0.25) is 0 Å². The summed E-state index contributed by atoms with van der Waals surface area (Å²) in [7, 11) is 0. The van der Waals surface area contributed by atoms with Crippen LogP contribution in [0.1, 0.15) is 39.3 Å². The van der Waals surface area contributed by atoms with Crippen LogP contribution in [-0.2, 0) is 0 Å². The summed E-state index contributed by atoms with van der Waals surface area (Å²) < 4.78 is 5.66. The van der Waals surface area contributed by atoms with Gasteiger partial charge in [0.1, 0.15) is 0 Å². The van der Waals surface area contributed by atoms with Gasteiger partial charge in [0, 0.05) is 18.3 Å². The zero-order valence-electron chi connectivity index (χ0n) is 9.90. The van der Waals surface area contributed by atoms with Crippen molar-refractivity contribution >= 4 is 0 Å². The van der Waals surface area contributed by atoms with Gasteiger partial charge in [-0.05, 0) is 25.3 Å². The van der Waals surface area contributed by atoms with Gasteiger partial charge < -0.3 is 10.5 Å². The third-order valence-corrected chi connectivity index (χ3v) is 2.53. The molecule has 15 heavy (non-hydrogen) atoms. The van der Waals surface area contributed by atoms with Gasteiger partial charge in [0.2, 0.25) is 5.88 Å². The van der Waals surface area contributed by atoms with Crippen molar-refractivity contribution in [2.75, 3.05) is 0 Å². The average Bonchev–Trinajstić information content (AvgIpc) is 2.18. The van der Waals surface area contributed by atoms with Gasteiger partial charge in [0.15, 0.2) is 0 Å². The number of hydrogen-bond donors (Lipinski definition) is 1. The van der Waals surface area contributed by atoms with E-state index in [9.17, 15) is 0 Å². The van der Waals surface area contributed by atoms with Gasteiger partial charge in [0.25, 0.3) is 0 Å². The Morgan fingerprint density at radius 3 is 2.27 bits per heavy atom. The lowest BCUT2D eigenvalue weighted by Crippen LogP contribution is -2.19. The van der Waals surface area contributed by atoms with Crippen molar-refractivity contribution in [2.24, 2.45) is 11.7 Å². The molecule has 1 unspecified atom stereocenters. The number of nitrogens with two attached hydrogens (primary N) is 1. The molecule has 0 fully saturated rings. The fraction of sp³-hybridized carbons (Fsp3) is 0.583. The summed E-state index contributed by atoms with van der Waals surface area (Å²) in [6.07, 6.45) is 1.95. The molecule has 3 nitrogen and oxygen atoms in total. The molecule has 1 rings (SSSR count). The smallest absolute Gasteiger partial charge is 0.213 e. The molecule has 1 aromatic rings. The second-order valence-electron chi connectivity index (χ2n) is 4.29. The number of ether oxygens (including phenoxy) is 1. The van der Waals surface area contributed by atoms with E-state index in [1.807, 2.05) is 26.0 Å². The maximum atomic E-state index is 5.73. The molecule has 0 amide bonds. The first-order valence-corrected chi connectivity index (χ1v) is 5.39. The number of rotatable bonds is 4. The SMILES string of the molecule is CC(C)C(C)Oc1ccc([C@H](C)N)cn1. The highest BCUT2D eigenvalue weighted by atomic mass is 16.5. The number of hydrogen-bond acceptors (Lipinski definition) is 3. The molecule has 0 spiro atoms. The maximum Gasteiger partial charge on any atom is 0.213 e. The molecule has 0 aliphatic rings. The van der Waals surface area contributed by atoms with Gasteiger partial charge in [-0.1, -0.05) is 19.9 Å². The van der Waals surface area contributed by atoms with Gasteiger partial charge in [-0.15, -0.1) is 0 Å². The van der Waals surface area contributed by atoms with Crippen LogP contribution >= 0.6 is 0 Å².